The summed E-state index contributed by atoms with van der Waals surface area (Å²) in [6.45, 7) is 2.92. The number of methoxy groups -OCH3 is 1. The van der Waals surface area contributed by atoms with E-state index in [1.165, 1.54) is 0 Å². The molecule has 2 amide bonds. The first-order valence-corrected chi connectivity index (χ1v) is 16.1. The van der Waals surface area contributed by atoms with Gasteiger partial charge in [-0.05, 0) is 53.6 Å². The Labute approximate surface area is 270 Å². The number of carbonyl (C=O) groups is 2. The maximum absolute atomic E-state index is 12.3. The zero-order valence-electron chi connectivity index (χ0n) is 26.4. The Morgan fingerprint density at radius 3 is 2.43 bits per heavy atom. The molecule has 3 aromatic rings. The van der Waals surface area contributed by atoms with E-state index >= 15 is 0 Å². The van der Waals surface area contributed by atoms with Crippen LogP contribution in [0.4, 0.5) is 0 Å². The molecule has 2 heterocycles. The molecule has 5 rings (SSSR count). The van der Waals surface area contributed by atoms with E-state index in [2.05, 4.69) is 22.3 Å². The zero-order chi connectivity index (χ0) is 32.3. The number of carbonyl (C=O) groups excluding carboxylic acids is 2. The van der Waals surface area contributed by atoms with Crippen molar-refractivity contribution in [2.75, 3.05) is 26.8 Å². The summed E-state index contributed by atoms with van der Waals surface area (Å²) in [6.07, 6.45) is 2.94. The number of nitrogens with one attached hydrogen (secondary N) is 2. The summed E-state index contributed by atoms with van der Waals surface area (Å²) in [5, 5.41) is 21.1. The van der Waals surface area contributed by atoms with Crippen LogP contribution in [0.25, 0.3) is 11.1 Å². The number of nitrogens with zero attached hydrogens (tertiary/aromatic N) is 1. The van der Waals surface area contributed by atoms with Crippen LogP contribution in [-0.2, 0) is 37.0 Å². The highest BCUT2D eigenvalue weighted by Crippen LogP contribution is 2.39. The summed E-state index contributed by atoms with van der Waals surface area (Å²) >= 11 is 0. The van der Waals surface area contributed by atoms with E-state index in [0.29, 0.717) is 25.6 Å². The van der Waals surface area contributed by atoms with Crippen LogP contribution in [0.5, 0.6) is 0 Å². The van der Waals surface area contributed by atoms with Crippen molar-refractivity contribution in [1.29, 1.82) is 0 Å². The lowest BCUT2D eigenvalue weighted by Crippen LogP contribution is -2.42. The molecule has 10 heteroatoms. The smallest absolute Gasteiger partial charge is 0.243 e. The molecule has 0 saturated carbocycles. The standard InChI is InChI=1S/C36H45N3O7/c1-44-24-30-7-5-19-39(30)22-31-20-33(27-13-11-25(23-40)12-14-27)46-36(45-31)28-17-15-26(16-18-28)32-8-3-2-6-29(32)21-37-34(41)9-4-10-35(42)38-43/h2-3,6,8,11-18,30-31,33,36,40,43H,4-5,7,9-10,19-24H2,1H3,(H,37,41)(H,38,42)/t30-,31+,33-,36-/m0/s1. The zero-order valence-corrected chi connectivity index (χ0v) is 26.4. The SMILES string of the molecule is COC[C@@H]1CCCN1C[C@H]1C[C@@H](c2ccc(CO)cc2)O[C@@H](c2ccc(-c3ccccc3CNC(=O)CCCC(=O)NO)cc2)O1. The highest BCUT2D eigenvalue weighted by Gasteiger charge is 2.35. The minimum absolute atomic E-state index is 0.00334. The number of benzene rings is 3. The highest BCUT2D eigenvalue weighted by molar-refractivity contribution is 5.78. The van der Waals surface area contributed by atoms with Crippen LogP contribution in [-0.4, -0.2) is 66.0 Å². The van der Waals surface area contributed by atoms with Crippen molar-refractivity contribution < 1.29 is 34.1 Å². The van der Waals surface area contributed by atoms with Gasteiger partial charge >= 0.3 is 0 Å². The largest absolute Gasteiger partial charge is 0.392 e. The third-order valence-electron chi connectivity index (χ3n) is 8.83. The summed E-state index contributed by atoms with van der Waals surface area (Å²) in [7, 11) is 1.76. The summed E-state index contributed by atoms with van der Waals surface area (Å²) in [4.78, 5) is 26.0. The molecular formula is C36H45N3O7. The van der Waals surface area contributed by atoms with Crippen LogP contribution < -0.4 is 10.8 Å². The lowest BCUT2D eigenvalue weighted by molar-refractivity contribution is -0.253. The molecule has 2 aliphatic rings. The fourth-order valence-corrected chi connectivity index (χ4v) is 6.33. The van der Waals surface area contributed by atoms with E-state index < -0.39 is 12.2 Å². The molecular weight excluding hydrogens is 586 g/mol. The van der Waals surface area contributed by atoms with Crippen molar-refractivity contribution >= 4 is 11.8 Å². The molecule has 46 heavy (non-hydrogen) atoms. The first-order chi connectivity index (χ1) is 22.5. The predicted molar refractivity (Wildman–Crippen MR) is 172 cm³/mol. The van der Waals surface area contributed by atoms with Crippen molar-refractivity contribution in [3.05, 3.63) is 95.1 Å². The third kappa shape index (κ3) is 9.00. The minimum atomic E-state index is -0.541. The van der Waals surface area contributed by atoms with Crippen LogP contribution in [0.3, 0.4) is 0 Å². The number of rotatable bonds is 14. The van der Waals surface area contributed by atoms with Gasteiger partial charge in [-0.3, -0.25) is 19.7 Å². The van der Waals surface area contributed by atoms with E-state index in [1.807, 2.05) is 60.7 Å². The van der Waals surface area contributed by atoms with Crippen LogP contribution >= 0.6 is 0 Å². The topological polar surface area (TPSA) is 130 Å². The van der Waals surface area contributed by atoms with Crippen molar-refractivity contribution in [2.24, 2.45) is 0 Å². The van der Waals surface area contributed by atoms with Gasteiger partial charge in [0, 0.05) is 51.1 Å². The Balaban J connectivity index is 1.28. The number of likely N-dealkylation sites (tertiary alicyclic amines) is 1. The molecule has 0 radical (unpaired) electrons. The van der Waals surface area contributed by atoms with Gasteiger partial charge in [0.25, 0.3) is 0 Å². The maximum Gasteiger partial charge on any atom is 0.243 e. The molecule has 2 saturated heterocycles. The number of aliphatic hydroxyl groups excluding tert-OH is 1. The molecule has 0 unspecified atom stereocenters. The van der Waals surface area contributed by atoms with Crippen LogP contribution in [0, 0.1) is 0 Å². The molecule has 0 bridgehead atoms. The average Bonchev–Trinajstić information content (AvgIpc) is 3.53. The van der Waals surface area contributed by atoms with Gasteiger partial charge < -0.3 is 24.6 Å². The summed E-state index contributed by atoms with van der Waals surface area (Å²) < 4.78 is 18.7. The van der Waals surface area contributed by atoms with Crippen LogP contribution in [0.15, 0.2) is 72.8 Å². The molecule has 0 aromatic heterocycles. The number of hydrogen-bond donors (Lipinski definition) is 4. The van der Waals surface area contributed by atoms with E-state index in [1.54, 1.807) is 12.6 Å². The van der Waals surface area contributed by atoms with E-state index in [-0.39, 0.29) is 37.6 Å². The molecule has 10 nitrogen and oxygen atoms in total. The second kappa shape index (κ2) is 16.8. The van der Waals surface area contributed by atoms with Crippen molar-refractivity contribution in [1.82, 2.24) is 15.7 Å². The van der Waals surface area contributed by atoms with Gasteiger partial charge in [0.2, 0.25) is 11.8 Å². The van der Waals surface area contributed by atoms with Gasteiger partial charge in [0.05, 0.1) is 25.4 Å². The van der Waals surface area contributed by atoms with Gasteiger partial charge in [0.1, 0.15) is 0 Å². The van der Waals surface area contributed by atoms with Crippen molar-refractivity contribution in [2.45, 2.75) is 76.2 Å². The Morgan fingerprint density at radius 2 is 1.70 bits per heavy atom. The first-order valence-electron chi connectivity index (χ1n) is 16.1. The Bertz CT molecular complexity index is 1420. The quantitative estimate of drug-likeness (QED) is 0.148. The van der Waals surface area contributed by atoms with Gasteiger partial charge in [-0.15, -0.1) is 0 Å². The second-order valence-electron chi connectivity index (χ2n) is 12.0. The van der Waals surface area contributed by atoms with Crippen LogP contribution in [0.1, 0.15) is 73.2 Å². The lowest BCUT2D eigenvalue weighted by Gasteiger charge is -2.38. The second-order valence-corrected chi connectivity index (χ2v) is 12.0. The number of hydroxylamine groups is 1. The minimum Gasteiger partial charge on any atom is -0.392 e. The molecule has 246 valence electrons. The number of aliphatic hydroxyl groups is 1. The third-order valence-corrected chi connectivity index (χ3v) is 8.83. The van der Waals surface area contributed by atoms with E-state index in [9.17, 15) is 14.7 Å². The Kier molecular flexibility index (Phi) is 12.3. The summed E-state index contributed by atoms with van der Waals surface area (Å²) in [5.74, 6) is -0.657. The average molecular weight is 632 g/mol. The normalized spacial score (nSPS) is 21.6. The number of ether oxygens (including phenoxy) is 3. The van der Waals surface area contributed by atoms with Crippen LogP contribution in [0.2, 0.25) is 0 Å². The van der Waals surface area contributed by atoms with Gasteiger partial charge in [0.15, 0.2) is 6.29 Å². The molecule has 4 atom stereocenters. The fraction of sp³-hybridized carbons (Fsp3) is 0.444. The van der Waals surface area contributed by atoms with Crippen molar-refractivity contribution in [3.63, 3.8) is 0 Å². The van der Waals surface area contributed by atoms with Crippen molar-refractivity contribution in [3.8, 4) is 11.1 Å². The predicted octanol–water partition coefficient (Wildman–Crippen LogP) is 4.79. The van der Waals surface area contributed by atoms with Gasteiger partial charge in [-0.1, -0.05) is 72.8 Å². The monoisotopic (exact) mass is 631 g/mol. The van der Waals surface area contributed by atoms with Gasteiger partial charge in [-0.25, -0.2) is 5.48 Å². The maximum atomic E-state index is 12.3. The Morgan fingerprint density at radius 1 is 0.957 bits per heavy atom. The number of amides is 2. The molecule has 4 N–H and O–H groups in total. The number of hydrogen-bond acceptors (Lipinski definition) is 8. The lowest BCUT2D eigenvalue weighted by atomic mass is 9.97. The molecule has 0 spiro atoms. The van der Waals surface area contributed by atoms with Gasteiger partial charge in [-0.2, -0.15) is 0 Å². The van der Waals surface area contributed by atoms with E-state index in [0.717, 1.165) is 65.7 Å². The molecule has 2 fully saturated rings. The van der Waals surface area contributed by atoms with E-state index in [4.69, 9.17) is 19.4 Å². The fourth-order valence-electron chi connectivity index (χ4n) is 6.33. The summed E-state index contributed by atoms with van der Waals surface area (Å²) in [5.41, 5.74) is 7.44. The first kappa shape index (κ1) is 33.7. The molecule has 2 aliphatic heterocycles. The molecule has 3 aromatic carbocycles. The molecule has 0 aliphatic carbocycles. The summed E-state index contributed by atoms with van der Waals surface area (Å²) in [6, 6.07) is 24.5. The Hall–Kier alpha value is -3.64. The highest BCUT2D eigenvalue weighted by atomic mass is 16.7.